The number of hydrogen-bond donors (Lipinski definition) is 1. The number of fused-ring (bicyclic) bond motifs is 1. The van der Waals surface area contributed by atoms with E-state index in [1.54, 1.807) is 12.1 Å². The summed E-state index contributed by atoms with van der Waals surface area (Å²) in [6, 6.07) is 23.6. The minimum Gasteiger partial charge on any atom is -0.259 e. The van der Waals surface area contributed by atoms with Crippen molar-refractivity contribution in [3.63, 3.8) is 0 Å². The second kappa shape index (κ2) is 8.41. The number of rotatable bonds is 5. The van der Waals surface area contributed by atoms with Crippen LogP contribution in [0.15, 0.2) is 89.0 Å². The fraction of sp³-hybridized carbons (Fsp3) is 0. The number of nitro benzene ring substituents is 1. The highest BCUT2D eigenvalue weighted by Crippen LogP contribution is 2.23. The van der Waals surface area contributed by atoms with Crippen LogP contribution in [0.1, 0.15) is 10.6 Å². The van der Waals surface area contributed by atoms with E-state index in [0.29, 0.717) is 16.4 Å². The van der Waals surface area contributed by atoms with Crippen LogP contribution in [0.4, 0.5) is 11.4 Å². The first kappa shape index (κ1) is 18.5. The van der Waals surface area contributed by atoms with Gasteiger partial charge in [0.15, 0.2) is 10.8 Å². The van der Waals surface area contributed by atoms with Gasteiger partial charge in [0.25, 0.3) is 5.69 Å². The molecule has 7 nitrogen and oxygen atoms in total. The molecule has 0 radical (unpaired) electrons. The average molecular weight is 401 g/mol. The van der Waals surface area contributed by atoms with Gasteiger partial charge in [-0.15, -0.1) is 11.3 Å². The van der Waals surface area contributed by atoms with Crippen LogP contribution in [0.3, 0.4) is 0 Å². The van der Waals surface area contributed by atoms with Gasteiger partial charge < -0.3 is 0 Å². The molecule has 0 aliphatic carbocycles. The zero-order valence-electron chi connectivity index (χ0n) is 15.1. The molecule has 0 amide bonds. The predicted octanol–water partition coefficient (Wildman–Crippen LogP) is 4.91. The number of para-hydroxylation sites is 2. The molecule has 1 heterocycles. The van der Waals surface area contributed by atoms with Crippen molar-refractivity contribution in [1.82, 2.24) is 10.4 Å². The molecule has 0 bridgehead atoms. The Morgan fingerprint density at radius 2 is 1.83 bits per heavy atom. The minimum absolute atomic E-state index is 0.0123. The fourth-order valence-corrected chi connectivity index (χ4v) is 3.52. The molecule has 4 rings (SSSR count). The van der Waals surface area contributed by atoms with Gasteiger partial charge in [-0.3, -0.25) is 15.5 Å². The Hall–Kier alpha value is -3.91. The summed E-state index contributed by atoms with van der Waals surface area (Å²) < 4.78 is 1.05. The van der Waals surface area contributed by atoms with Gasteiger partial charge in [-0.1, -0.05) is 42.5 Å². The van der Waals surface area contributed by atoms with Gasteiger partial charge in [-0.2, -0.15) is 5.10 Å². The topological polar surface area (TPSA) is 92.8 Å². The summed E-state index contributed by atoms with van der Waals surface area (Å²) in [5.74, 6) is 0.499. The maximum atomic E-state index is 10.9. The van der Waals surface area contributed by atoms with Gasteiger partial charge in [0, 0.05) is 17.7 Å². The largest absolute Gasteiger partial charge is 0.270 e. The maximum absolute atomic E-state index is 10.9. The highest BCUT2D eigenvalue weighted by molar-refractivity contribution is 7.20. The number of nitrogens with zero attached hydrogens (tertiary/aromatic N) is 4. The van der Waals surface area contributed by atoms with Crippen molar-refractivity contribution in [2.45, 2.75) is 0 Å². The summed E-state index contributed by atoms with van der Waals surface area (Å²) in [4.78, 5) is 19.8. The van der Waals surface area contributed by atoms with Gasteiger partial charge in [0.1, 0.15) is 0 Å². The van der Waals surface area contributed by atoms with Crippen molar-refractivity contribution >= 4 is 45.0 Å². The zero-order chi connectivity index (χ0) is 20.1. The molecule has 142 valence electrons. The molecule has 1 aromatic heterocycles. The van der Waals surface area contributed by atoms with Crippen LogP contribution in [0.2, 0.25) is 0 Å². The van der Waals surface area contributed by atoms with E-state index in [2.05, 4.69) is 20.5 Å². The van der Waals surface area contributed by atoms with Crippen molar-refractivity contribution in [1.29, 1.82) is 0 Å². The number of hydrogen-bond acceptors (Lipinski definition) is 6. The van der Waals surface area contributed by atoms with Crippen LogP contribution in [0, 0.1) is 10.1 Å². The Kier molecular flexibility index (Phi) is 5.35. The summed E-state index contributed by atoms with van der Waals surface area (Å²) in [6.45, 7) is 0. The van der Waals surface area contributed by atoms with Crippen LogP contribution >= 0.6 is 11.3 Å². The highest BCUT2D eigenvalue weighted by atomic mass is 32.1. The van der Waals surface area contributed by atoms with E-state index in [1.807, 2.05) is 54.6 Å². The number of benzene rings is 3. The van der Waals surface area contributed by atoms with Crippen molar-refractivity contribution in [2.24, 2.45) is 10.1 Å². The second-order valence-electron chi connectivity index (χ2n) is 6.00. The number of aromatic nitrogens is 1. The highest BCUT2D eigenvalue weighted by Gasteiger charge is 2.10. The van der Waals surface area contributed by atoms with Gasteiger partial charge >= 0.3 is 0 Å². The summed E-state index contributed by atoms with van der Waals surface area (Å²) in [7, 11) is 0. The molecule has 0 saturated heterocycles. The summed E-state index contributed by atoms with van der Waals surface area (Å²) >= 11 is 1.51. The van der Waals surface area contributed by atoms with Crippen molar-refractivity contribution < 1.29 is 4.92 Å². The second-order valence-corrected chi connectivity index (χ2v) is 7.04. The summed E-state index contributed by atoms with van der Waals surface area (Å²) in [5, 5.41) is 15.9. The van der Waals surface area contributed by atoms with Crippen LogP contribution in [-0.4, -0.2) is 22.0 Å². The number of amidine groups is 1. The number of nitro groups is 1. The molecule has 0 spiro atoms. The molecule has 0 aliphatic rings. The quantitative estimate of drug-likeness (QED) is 0.223. The Bertz CT molecular complexity index is 1180. The first-order chi connectivity index (χ1) is 14.2. The predicted molar refractivity (Wildman–Crippen MR) is 116 cm³/mol. The third kappa shape index (κ3) is 4.50. The van der Waals surface area contributed by atoms with Crippen LogP contribution < -0.4 is 5.43 Å². The normalized spacial score (nSPS) is 11.8. The lowest BCUT2D eigenvalue weighted by Gasteiger charge is -2.03. The van der Waals surface area contributed by atoms with E-state index < -0.39 is 4.92 Å². The maximum Gasteiger partial charge on any atom is 0.270 e. The van der Waals surface area contributed by atoms with E-state index >= 15 is 0 Å². The van der Waals surface area contributed by atoms with Crippen LogP contribution in [-0.2, 0) is 0 Å². The lowest BCUT2D eigenvalue weighted by Crippen LogP contribution is -2.18. The monoisotopic (exact) mass is 401 g/mol. The number of aliphatic imine (C=N–C) groups is 1. The van der Waals surface area contributed by atoms with Crippen molar-refractivity contribution in [2.75, 3.05) is 0 Å². The SMILES string of the molecule is O=[N+]([O-])c1cccc(/C=N\NC(=Nc2ccccc2)c2nc3ccccc3s2)c1. The van der Waals surface area contributed by atoms with E-state index in [4.69, 9.17) is 0 Å². The third-order valence-electron chi connectivity index (χ3n) is 3.96. The number of thiazole rings is 1. The van der Waals surface area contributed by atoms with E-state index in [9.17, 15) is 10.1 Å². The molecule has 0 unspecified atom stereocenters. The number of nitrogens with one attached hydrogen (secondary N) is 1. The molecule has 4 aromatic rings. The van der Waals surface area contributed by atoms with E-state index in [0.717, 1.165) is 15.9 Å². The van der Waals surface area contributed by atoms with Gasteiger partial charge in [0.2, 0.25) is 0 Å². The number of non-ortho nitro benzene ring substituents is 1. The molecule has 8 heteroatoms. The Balaban J connectivity index is 1.65. The van der Waals surface area contributed by atoms with E-state index in [1.165, 1.54) is 29.7 Å². The molecule has 3 aromatic carbocycles. The molecule has 1 N–H and O–H groups in total. The first-order valence-electron chi connectivity index (χ1n) is 8.72. The minimum atomic E-state index is -0.436. The Labute approximate surface area is 170 Å². The van der Waals surface area contributed by atoms with Gasteiger partial charge in [0.05, 0.1) is 27.0 Å². The lowest BCUT2D eigenvalue weighted by atomic mass is 10.2. The van der Waals surface area contributed by atoms with Crippen LogP contribution in [0.5, 0.6) is 0 Å². The Morgan fingerprint density at radius 1 is 1.03 bits per heavy atom. The average Bonchev–Trinajstić information content (AvgIpc) is 3.18. The number of hydrazone groups is 1. The van der Waals surface area contributed by atoms with Crippen LogP contribution in [0.25, 0.3) is 10.2 Å². The van der Waals surface area contributed by atoms with Crippen molar-refractivity contribution in [3.05, 3.63) is 99.5 Å². The molecular formula is C21H15N5O2S. The summed E-state index contributed by atoms with van der Waals surface area (Å²) in [6.07, 6.45) is 1.51. The smallest absolute Gasteiger partial charge is 0.259 e. The Morgan fingerprint density at radius 3 is 2.62 bits per heavy atom. The molecule has 29 heavy (non-hydrogen) atoms. The van der Waals surface area contributed by atoms with Gasteiger partial charge in [-0.25, -0.2) is 9.98 Å². The molecule has 0 saturated carbocycles. The first-order valence-corrected chi connectivity index (χ1v) is 9.54. The molecular weight excluding hydrogens is 386 g/mol. The van der Waals surface area contributed by atoms with E-state index in [-0.39, 0.29) is 5.69 Å². The summed E-state index contributed by atoms with van der Waals surface area (Å²) in [5.41, 5.74) is 5.21. The van der Waals surface area contributed by atoms with Crippen molar-refractivity contribution in [3.8, 4) is 0 Å². The standard InChI is InChI=1S/C21H15N5O2S/c27-26(28)17-10-6-7-15(13-17)14-22-25-20(23-16-8-2-1-3-9-16)21-24-18-11-4-5-12-19(18)29-21/h1-14H,(H,23,25)/b22-14-. The molecule has 0 atom stereocenters. The molecule has 0 fully saturated rings. The molecule has 0 aliphatic heterocycles. The zero-order valence-corrected chi connectivity index (χ0v) is 15.9. The third-order valence-corrected chi connectivity index (χ3v) is 5.00. The fourth-order valence-electron chi connectivity index (χ4n) is 2.61. The lowest BCUT2D eigenvalue weighted by molar-refractivity contribution is -0.384. The van der Waals surface area contributed by atoms with Gasteiger partial charge in [-0.05, 0) is 24.3 Å².